The minimum absolute atomic E-state index is 0. The van der Waals surface area contributed by atoms with E-state index in [1.165, 1.54) is 76.3 Å². The Kier molecular flexibility index (Phi) is 13.7. The summed E-state index contributed by atoms with van der Waals surface area (Å²) in [6.07, 6.45) is 15.8. The average Bonchev–Trinajstić information content (AvgIpc) is 3.66. The van der Waals surface area contributed by atoms with Gasteiger partial charge in [0.25, 0.3) is 0 Å². The van der Waals surface area contributed by atoms with E-state index in [0.717, 1.165) is 6.42 Å². The summed E-state index contributed by atoms with van der Waals surface area (Å²) >= 11 is 1.69. The van der Waals surface area contributed by atoms with Crippen LogP contribution < -0.4 is 24.8 Å². The van der Waals surface area contributed by atoms with Crippen molar-refractivity contribution in [2.24, 2.45) is 17.3 Å². The van der Waals surface area contributed by atoms with Crippen LogP contribution in [0.25, 0.3) is 21.9 Å². The van der Waals surface area contributed by atoms with Gasteiger partial charge in [-0.05, 0) is 59.9 Å². The number of fused-ring (bicyclic) bond motifs is 8. The molecule has 0 aliphatic heterocycles. The standard InChI is InChI=1S/C29H33.C9H13.C6H10.2ClH.Zr/c1-14-13-24-25(18(5)15(14)2)21(8)28-27-20(7)17(4)16(3)19(6)26(27)22-11-9-10-12-23(22)29(24)28;1-9(2,3)8-6-4-5-7-8;1-2-4-6-5-3-1;;;/h9-13,16-17,19,21H,1-8H3;6-7H,4H2,1-3H3;1-5H2;2*1H;/q2*-1;;;;+2/p-2. The molecule has 4 unspecified atom stereocenters. The fraction of sp³-hybridized carbons (Fsp3) is 0.500. The summed E-state index contributed by atoms with van der Waals surface area (Å²) in [5.74, 6) is 3.94. The van der Waals surface area contributed by atoms with Crippen molar-refractivity contribution in [3.8, 4) is 11.1 Å². The fourth-order valence-corrected chi connectivity index (χ4v) is 9.20. The van der Waals surface area contributed by atoms with Crippen LogP contribution in [0.15, 0.2) is 48.1 Å². The predicted molar refractivity (Wildman–Crippen MR) is 194 cm³/mol. The number of hydrogen-bond donors (Lipinski definition) is 0. The second-order valence-corrected chi connectivity index (χ2v) is 17.2. The van der Waals surface area contributed by atoms with Gasteiger partial charge in [-0.25, -0.2) is 6.08 Å². The second kappa shape index (κ2) is 16.1. The zero-order valence-corrected chi connectivity index (χ0v) is 34.8. The Balaban J connectivity index is 0.000000275. The number of halogens is 2. The summed E-state index contributed by atoms with van der Waals surface area (Å²) in [5, 5.41) is 2.93. The van der Waals surface area contributed by atoms with Crippen molar-refractivity contribution >= 4 is 14.0 Å². The molecule has 0 spiro atoms. The van der Waals surface area contributed by atoms with Crippen molar-refractivity contribution in [2.75, 3.05) is 0 Å². The molecule has 0 amide bonds. The van der Waals surface area contributed by atoms with Crippen LogP contribution in [0.3, 0.4) is 0 Å². The van der Waals surface area contributed by atoms with E-state index in [1.807, 2.05) is 0 Å². The van der Waals surface area contributed by atoms with Crippen molar-refractivity contribution in [3.05, 3.63) is 99.0 Å². The molecule has 0 N–H and O–H groups in total. The van der Waals surface area contributed by atoms with E-state index >= 15 is 0 Å². The number of benzene rings is 3. The molecule has 0 nitrogen and oxygen atoms in total. The van der Waals surface area contributed by atoms with Gasteiger partial charge in [0.2, 0.25) is 0 Å². The van der Waals surface area contributed by atoms with Crippen LogP contribution in [0.1, 0.15) is 145 Å². The van der Waals surface area contributed by atoms with Crippen LogP contribution in [0, 0.1) is 50.0 Å². The van der Waals surface area contributed by atoms with Gasteiger partial charge in [-0.15, -0.1) is 17.5 Å². The third-order valence-corrected chi connectivity index (χ3v) is 13.0. The molecule has 4 aliphatic rings. The molecule has 3 heteroatoms. The topological polar surface area (TPSA) is 0 Å². The Morgan fingerprint density at radius 2 is 1.45 bits per heavy atom. The Hall–Kier alpha value is -1.40. The Bertz CT molecular complexity index is 1660. The summed E-state index contributed by atoms with van der Waals surface area (Å²) in [5.41, 5.74) is 15.5. The number of hydrogen-bond acceptors (Lipinski definition) is 0. The number of rotatable bonds is 0. The molecule has 0 radical (unpaired) electrons. The van der Waals surface area contributed by atoms with E-state index in [9.17, 15) is 0 Å². The summed E-state index contributed by atoms with van der Waals surface area (Å²) < 4.78 is 1.80. The summed E-state index contributed by atoms with van der Waals surface area (Å²) in [4.78, 5) is 0. The van der Waals surface area contributed by atoms with Crippen LogP contribution in [0.2, 0.25) is 0 Å². The van der Waals surface area contributed by atoms with Gasteiger partial charge in [-0.1, -0.05) is 120 Å². The first-order valence-corrected chi connectivity index (χ1v) is 18.8. The van der Waals surface area contributed by atoms with Crippen molar-refractivity contribution < 1.29 is 49.0 Å². The summed E-state index contributed by atoms with van der Waals surface area (Å²) in [7, 11) is 0. The fourth-order valence-electron chi connectivity index (χ4n) is 8.33. The summed E-state index contributed by atoms with van der Waals surface area (Å²) in [6, 6.07) is 11.7. The Labute approximate surface area is 314 Å². The van der Waals surface area contributed by atoms with Gasteiger partial charge in [0, 0.05) is 0 Å². The molecular formula is C44H56Cl2Zr-2. The van der Waals surface area contributed by atoms with Crippen LogP contribution in [0.5, 0.6) is 0 Å². The molecule has 252 valence electrons. The zero-order chi connectivity index (χ0) is 32.8. The van der Waals surface area contributed by atoms with Crippen LogP contribution in [-0.2, 0) is 24.2 Å². The predicted octanol–water partition coefficient (Wildman–Crippen LogP) is 6.63. The van der Waals surface area contributed by atoms with Gasteiger partial charge in [0.1, 0.15) is 0 Å². The Morgan fingerprint density at radius 1 is 0.830 bits per heavy atom. The zero-order valence-electron chi connectivity index (χ0n) is 30.8. The maximum absolute atomic E-state index is 3.16. The van der Waals surface area contributed by atoms with E-state index in [-0.39, 0.29) is 24.8 Å². The molecule has 4 atom stereocenters. The molecule has 1 fully saturated rings. The quantitative estimate of drug-likeness (QED) is 0.227. The first-order valence-electron chi connectivity index (χ1n) is 17.6. The van der Waals surface area contributed by atoms with Gasteiger partial charge < -0.3 is 24.8 Å². The van der Waals surface area contributed by atoms with Crippen molar-refractivity contribution in [1.82, 2.24) is 0 Å². The molecule has 1 saturated carbocycles. The molecular weight excluding hydrogens is 691 g/mol. The first kappa shape index (κ1) is 40.0. The van der Waals surface area contributed by atoms with E-state index in [2.05, 4.69) is 125 Å². The van der Waals surface area contributed by atoms with Gasteiger partial charge in [0.15, 0.2) is 0 Å². The SMILES string of the molecule is CC(C)(C)C1=CC[C-]=C1.Cc1cc2c(c(C)c1C)C(C)c1c3c(c4ccccc4c1-2)C(C)C(C)C(C)[C-]3C.[Cl-].[Cl-].[Zr+2]=[C]1CCCCC1. The molecule has 0 saturated heterocycles. The second-order valence-electron chi connectivity index (χ2n) is 15.5. The van der Waals surface area contributed by atoms with Gasteiger partial charge in [-0.3, -0.25) is 6.08 Å². The molecule has 4 aliphatic carbocycles. The molecule has 0 aromatic heterocycles. The molecule has 0 heterocycles. The van der Waals surface area contributed by atoms with E-state index < -0.39 is 0 Å². The number of aryl methyl sites for hydroxylation is 1. The average molecular weight is 747 g/mol. The third-order valence-electron chi connectivity index (χ3n) is 11.8. The molecule has 47 heavy (non-hydrogen) atoms. The minimum atomic E-state index is 0. The van der Waals surface area contributed by atoms with Gasteiger partial charge >= 0.3 is 59.5 Å². The first-order chi connectivity index (χ1) is 21.3. The molecule has 7 rings (SSSR count). The van der Waals surface area contributed by atoms with Gasteiger partial charge in [-0.2, -0.15) is 23.1 Å². The van der Waals surface area contributed by atoms with Crippen LogP contribution in [0.4, 0.5) is 0 Å². The van der Waals surface area contributed by atoms with Gasteiger partial charge in [0.05, 0.1) is 0 Å². The monoisotopic (exact) mass is 744 g/mol. The normalized spacial score (nSPS) is 22.4. The van der Waals surface area contributed by atoms with E-state index in [0.29, 0.717) is 29.1 Å². The Morgan fingerprint density at radius 3 is 1.96 bits per heavy atom. The summed E-state index contributed by atoms with van der Waals surface area (Å²) in [6.45, 7) is 25.8. The van der Waals surface area contributed by atoms with E-state index in [1.54, 1.807) is 55.6 Å². The molecule has 0 bridgehead atoms. The van der Waals surface area contributed by atoms with Crippen LogP contribution >= 0.6 is 0 Å². The van der Waals surface area contributed by atoms with E-state index in [4.69, 9.17) is 0 Å². The molecule has 3 aromatic carbocycles. The number of allylic oxidation sites excluding steroid dienone is 4. The third kappa shape index (κ3) is 7.69. The van der Waals surface area contributed by atoms with Crippen molar-refractivity contribution in [3.63, 3.8) is 0 Å². The van der Waals surface area contributed by atoms with Crippen LogP contribution in [-0.4, -0.2) is 3.21 Å². The molecule has 3 aromatic rings. The van der Waals surface area contributed by atoms with Crippen molar-refractivity contribution in [1.29, 1.82) is 0 Å². The van der Waals surface area contributed by atoms with Crippen molar-refractivity contribution in [2.45, 2.75) is 127 Å². The maximum atomic E-state index is 3.16.